The average Bonchev–Trinajstić information content (AvgIpc) is 3.35. The highest BCUT2D eigenvalue weighted by molar-refractivity contribution is 6.03. The van der Waals surface area contributed by atoms with E-state index in [2.05, 4.69) is 10.6 Å². The van der Waals surface area contributed by atoms with E-state index in [1.54, 1.807) is 0 Å². The van der Waals surface area contributed by atoms with Crippen molar-refractivity contribution in [1.82, 2.24) is 0 Å². The van der Waals surface area contributed by atoms with Gasteiger partial charge in [0.25, 0.3) is 0 Å². The molecule has 25 heavy (non-hydrogen) atoms. The Morgan fingerprint density at radius 2 is 1.12 bits per heavy atom. The summed E-state index contributed by atoms with van der Waals surface area (Å²) in [7, 11) is 0. The van der Waals surface area contributed by atoms with Crippen LogP contribution >= 0.6 is 0 Å². The molecule has 8 heteroatoms. The second-order valence-corrected chi connectivity index (χ2v) is 5.68. The van der Waals surface area contributed by atoms with Gasteiger partial charge in [0.15, 0.2) is 23.3 Å². The summed E-state index contributed by atoms with van der Waals surface area (Å²) < 4.78 is 51.9. The number of amides is 2. The molecular formula is C17H12F4N2O2. The Kier molecular flexibility index (Phi) is 4.43. The minimum Gasteiger partial charge on any atom is -0.326 e. The maximum Gasteiger partial charge on any atom is 0.228 e. The first-order valence-corrected chi connectivity index (χ1v) is 7.37. The van der Waals surface area contributed by atoms with Crippen LogP contribution < -0.4 is 10.6 Å². The standard InChI is InChI=1S/C17H12F4N2O2/c18-12-3-1-8(5-14(12)20)22-16(24)10-7-11(10)17(25)23-9-2-4-13(19)15(21)6-9/h1-6,10-11H,7H2,(H,22,24)(H,23,25). The molecule has 1 fully saturated rings. The van der Waals surface area contributed by atoms with Crippen LogP contribution in [0.15, 0.2) is 36.4 Å². The molecule has 0 aromatic heterocycles. The molecule has 1 saturated carbocycles. The van der Waals surface area contributed by atoms with Crippen molar-refractivity contribution in [1.29, 1.82) is 0 Å². The third-order valence-corrected chi connectivity index (χ3v) is 3.84. The Bertz CT molecular complexity index is 787. The summed E-state index contributed by atoms with van der Waals surface area (Å²) in [5.74, 6) is -6.52. The van der Waals surface area contributed by atoms with Gasteiger partial charge < -0.3 is 10.6 Å². The second-order valence-electron chi connectivity index (χ2n) is 5.68. The Hall–Kier alpha value is -2.90. The summed E-state index contributed by atoms with van der Waals surface area (Å²) in [5, 5.41) is 4.80. The fourth-order valence-corrected chi connectivity index (χ4v) is 2.39. The SMILES string of the molecule is O=C(Nc1ccc(F)c(F)c1)C1CC1C(=O)Nc1ccc(F)c(F)c1. The molecule has 2 aromatic carbocycles. The normalized spacial score (nSPS) is 18.6. The molecule has 2 atom stereocenters. The average molecular weight is 352 g/mol. The van der Waals surface area contributed by atoms with Crippen molar-refractivity contribution in [2.75, 3.05) is 10.6 Å². The molecule has 1 aliphatic carbocycles. The first-order chi connectivity index (χ1) is 11.8. The van der Waals surface area contributed by atoms with E-state index in [4.69, 9.17) is 0 Å². The fraction of sp³-hybridized carbons (Fsp3) is 0.176. The van der Waals surface area contributed by atoms with Gasteiger partial charge in [-0.25, -0.2) is 17.6 Å². The number of halogens is 4. The van der Waals surface area contributed by atoms with Crippen LogP contribution in [0.3, 0.4) is 0 Å². The van der Waals surface area contributed by atoms with Gasteiger partial charge in [-0.15, -0.1) is 0 Å². The highest BCUT2D eigenvalue weighted by Crippen LogP contribution is 2.40. The van der Waals surface area contributed by atoms with Crippen molar-refractivity contribution in [2.45, 2.75) is 6.42 Å². The molecule has 2 N–H and O–H groups in total. The van der Waals surface area contributed by atoms with E-state index in [9.17, 15) is 27.2 Å². The Balaban J connectivity index is 1.57. The lowest BCUT2D eigenvalue weighted by molar-refractivity contribution is -0.122. The molecule has 2 unspecified atom stereocenters. The molecule has 1 aliphatic rings. The molecule has 0 bridgehead atoms. The number of hydrogen-bond acceptors (Lipinski definition) is 2. The van der Waals surface area contributed by atoms with Gasteiger partial charge in [-0.1, -0.05) is 0 Å². The molecule has 0 aliphatic heterocycles. The molecule has 0 spiro atoms. The third-order valence-electron chi connectivity index (χ3n) is 3.84. The van der Waals surface area contributed by atoms with Crippen LogP contribution in [0.2, 0.25) is 0 Å². The molecule has 4 nitrogen and oxygen atoms in total. The summed E-state index contributed by atoms with van der Waals surface area (Å²) in [5.41, 5.74) is 0.158. The molecule has 0 radical (unpaired) electrons. The molecule has 2 aromatic rings. The van der Waals surface area contributed by atoms with Gasteiger partial charge in [0.05, 0.1) is 11.8 Å². The number of anilines is 2. The van der Waals surface area contributed by atoms with E-state index in [0.29, 0.717) is 0 Å². The van der Waals surface area contributed by atoms with Gasteiger partial charge in [0, 0.05) is 23.5 Å². The third kappa shape index (κ3) is 3.78. The number of carbonyl (C=O) groups excluding carboxylic acids is 2. The van der Waals surface area contributed by atoms with Crippen molar-refractivity contribution in [3.63, 3.8) is 0 Å². The van der Waals surface area contributed by atoms with Crippen molar-refractivity contribution in [2.24, 2.45) is 11.8 Å². The van der Waals surface area contributed by atoms with E-state index in [1.165, 1.54) is 12.1 Å². The first-order valence-electron chi connectivity index (χ1n) is 7.37. The number of rotatable bonds is 4. The van der Waals surface area contributed by atoms with Crippen LogP contribution in [0.5, 0.6) is 0 Å². The lowest BCUT2D eigenvalue weighted by atomic mass is 10.2. The molecular weight excluding hydrogens is 340 g/mol. The lowest BCUT2D eigenvalue weighted by Gasteiger charge is -2.07. The minimum absolute atomic E-state index is 0.0792. The van der Waals surface area contributed by atoms with Crippen LogP contribution in [-0.4, -0.2) is 11.8 Å². The van der Waals surface area contributed by atoms with E-state index in [0.717, 1.165) is 24.3 Å². The Labute approximate surface area is 139 Å². The summed E-state index contributed by atoms with van der Waals surface area (Å²) in [6, 6.07) is 5.85. The van der Waals surface area contributed by atoms with Crippen molar-refractivity contribution < 1.29 is 27.2 Å². The van der Waals surface area contributed by atoms with Gasteiger partial charge in [0.2, 0.25) is 11.8 Å². The largest absolute Gasteiger partial charge is 0.326 e. The zero-order valence-electron chi connectivity index (χ0n) is 12.7. The molecule has 0 heterocycles. The number of carbonyl (C=O) groups is 2. The topological polar surface area (TPSA) is 58.2 Å². The van der Waals surface area contributed by atoms with Crippen LogP contribution in [0, 0.1) is 35.1 Å². The summed E-state index contributed by atoms with van der Waals surface area (Å²) in [6.07, 6.45) is 0.269. The van der Waals surface area contributed by atoms with Crippen LogP contribution in [0.25, 0.3) is 0 Å². The predicted molar refractivity (Wildman–Crippen MR) is 81.6 cm³/mol. The van der Waals surface area contributed by atoms with Crippen LogP contribution in [-0.2, 0) is 9.59 Å². The molecule has 0 saturated heterocycles. The summed E-state index contributed by atoms with van der Waals surface area (Å²) >= 11 is 0. The highest BCUT2D eigenvalue weighted by atomic mass is 19.2. The maximum absolute atomic E-state index is 13.1. The first kappa shape index (κ1) is 16.9. The monoisotopic (exact) mass is 352 g/mol. The lowest BCUT2D eigenvalue weighted by Crippen LogP contribution is -2.20. The fourth-order valence-electron chi connectivity index (χ4n) is 2.39. The smallest absolute Gasteiger partial charge is 0.228 e. The van der Waals surface area contributed by atoms with Crippen molar-refractivity contribution in [3.8, 4) is 0 Å². The van der Waals surface area contributed by atoms with Gasteiger partial charge in [-0.2, -0.15) is 0 Å². The Morgan fingerprint density at radius 3 is 1.48 bits per heavy atom. The summed E-state index contributed by atoms with van der Waals surface area (Å²) in [6.45, 7) is 0. The zero-order valence-corrected chi connectivity index (χ0v) is 12.7. The van der Waals surface area contributed by atoms with Crippen LogP contribution in [0.4, 0.5) is 28.9 Å². The van der Waals surface area contributed by atoms with Crippen molar-refractivity contribution in [3.05, 3.63) is 59.7 Å². The van der Waals surface area contributed by atoms with E-state index in [-0.39, 0.29) is 17.8 Å². The number of nitrogens with one attached hydrogen (secondary N) is 2. The van der Waals surface area contributed by atoms with Gasteiger partial charge in [-0.3, -0.25) is 9.59 Å². The highest BCUT2D eigenvalue weighted by Gasteiger charge is 2.48. The zero-order chi connectivity index (χ0) is 18.1. The predicted octanol–water partition coefficient (Wildman–Crippen LogP) is 3.46. The van der Waals surface area contributed by atoms with Gasteiger partial charge >= 0.3 is 0 Å². The quantitative estimate of drug-likeness (QED) is 0.828. The maximum atomic E-state index is 13.1. The van der Waals surface area contributed by atoms with E-state index < -0.39 is 46.9 Å². The summed E-state index contributed by atoms with van der Waals surface area (Å²) in [4.78, 5) is 24.0. The Morgan fingerprint density at radius 1 is 0.720 bits per heavy atom. The van der Waals surface area contributed by atoms with Gasteiger partial charge in [-0.05, 0) is 30.7 Å². The number of hydrogen-bond donors (Lipinski definition) is 2. The minimum atomic E-state index is -1.10. The van der Waals surface area contributed by atoms with Gasteiger partial charge in [0.1, 0.15) is 0 Å². The van der Waals surface area contributed by atoms with Crippen molar-refractivity contribution >= 4 is 23.2 Å². The van der Waals surface area contributed by atoms with Crippen LogP contribution in [0.1, 0.15) is 6.42 Å². The molecule has 3 rings (SSSR count). The molecule has 2 amide bonds. The van der Waals surface area contributed by atoms with E-state index in [1.807, 2.05) is 0 Å². The molecule has 130 valence electrons. The van der Waals surface area contributed by atoms with E-state index >= 15 is 0 Å². The second kappa shape index (κ2) is 6.54. The number of benzene rings is 2.